The number of imidazole rings is 1. The molecule has 20 heavy (non-hydrogen) atoms. The standard InChI is InChI=1S/C12H8ClN5S2/c13-8-1-2-9-11(17-20-16-9)10(8)14-5-7-6-18-3-4-19-12(18)15-7/h1-4,6,14H,5H2. The fourth-order valence-electron chi connectivity index (χ4n) is 2.04. The number of hydrogen-bond donors (Lipinski definition) is 1. The highest BCUT2D eigenvalue weighted by Crippen LogP contribution is 2.30. The van der Waals surface area contributed by atoms with Crippen molar-refractivity contribution in [3.05, 3.63) is 40.6 Å². The van der Waals surface area contributed by atoms with Gasteiger partial charge in [0.2, 0.25) is 0 Å². The number of thiazole rings is 1. The Hall–Kier alpha value is -1.70. The van der Waals surface area contributed by atoms with Crippen LogP contribution in [0.2, 0.25) is 5.02 Å². The van der Waals surface area contributed by atoms with Gasteiger partial charge in [-0.1, -0.05) is 11.6 Å². The van der Waals surface area contributed by atoms with E-state index in [2.05, 4.69) is 19.0 Å². The maximum absolute atomic E-state index is 6.23. The predicted octanol–water partition coefficient (Wildman–Crippen LogP) is 3.67. The van der Waals surface area contributed by atoms with Crippen molar-refractivity contribution in [3.63, 3.8) is 0 Å². The van der Waals surface area contributed by atoms with Crippen LogP contribution in [0, 0.1) is 0 Å². The predicted molar refractivity (Wildman–Crippen MR) is 82.8 cm³/mol. The van der Waals surface area contributed by atoms with Crippen molar-refractivity contribution in [1.29, 1.82) is 0 Å². The minimum absolute atomic E-state index is 0.602. The lowest BCUT2D eigenvalue weighted by Gasteiger charge is -2.06. The van der Waals surface area contributed by atoms with Crippen LogP contribution in [0.25, 0.3) is 16.0 Å². The third-order valence-electron chi connectivity index (χ3n) is 2.97. The second kappa shape index (κ2) is 4.69. The van der Waals surface area contributed by atoms with Gasteiger partial charge in [0.25, 0.3) is 0 Å². The summed E-state index contributed by atoms with van der Waals surface area (Å²) < 4.78 is 10.5. The first-order chi connectivity index (χ1) is 9.81. The van der Waals surface area contributed by atoms with Gasteiger partial charge < -0.3 is 5.32 Å². The van der Waals surface area contributed by atoms with E-state index in [-0.39, 0.29) is 0 Å². The van der Waals surface area contributed by atoms with E-state index in [1.807, 2.05) is 34.3 Å². The number of anilines is 1. The van der Waals surface area contributed by atoms with E-state index in [1.165, 1.54) is 11.7 Å². The van der Waals surface area contributed by atoms with E-state index >= 15 is 0 Å². The maximum Gasteiger partial charge on any atom is 0.193 e. The van der Waals surface area contributed by atoms with Crippen molar-refractivity contribution >= 4 is 56.3 Å². The zero-order chi connectivity index (χ0) is 13.5. The van der Waals surface area contributed by atoms with E-state index in [1.54, 1.807) is 11.3 Å². The smallest absolute Gasteiger partial charge is 0.193 e. The van der Waals surface area contributed by atoms with Gasteiger partial charge in [0.05, 0.1) is 34.7 Å². The molecule has 0 aliphatic rings. The van der Waals surface area contributed by atoms with Crippen molar-refractivity contribution in [2.24, 2.45) is 0 Å². The summed E-state index contributed by atoms with van der Waals surface area (Å²) in [7, 11) is 0. The topological polar surface area (TPSA) is 55.1 Å². The molecule has 0 amide bonds. The normalized spacial score (nSPS) is 11.4. The first kappa shape index (κ1) is 12.1. The monoisotopic (exact) mass is 321 g/mol. The fourth-order valence-corrected chi connectivity index (χ4v) is 3.52. The lowest BCUT2D eigenvalue weighted by molar-refractivity contribution is 1.08. The van der Waals surface area contributed by atoms with E-state index in [0.717, 1.165) is 27.4 Å². The quantitative estimate of drug-likeness (QED) is 0.625. The molecule has 0 saturated carbocycles. The van der Waals surface area contributed by atoms with Crippen LogP contribution in [0.1, 0.15) is 5.69 Å². The number of rotatable bonds is 3. The number of halogens is 1. The number of benzene rings is 1. The van der Waals surface area contributed by atoms with Crippen LogP contribution in [0.5, 0.6) is 0 Å². The highest BCUT2D eigenvalue weighted by atomic mass is 35.5. The van der Waals surface area contributed by atoms with Crippen LogP contribution < -0.4 is 5.32 Å². The Kier molecular flexibility index (Phi) is 2.83. The minimum Gasteiger partial charge on any atom is -0.376 e. The first-order valence-electron chi connectivity index (χ1n) is 5.87. The van der Waals surface area contributed by atoms with E-state index < -0.39 is 0 Å². The molecule has 0 aliphatic heterocycles. The molecule has 4 aromatic rings. The number of aromatic nitrogens is 4. The van der Waals surface area contributed by atoms with Crippen molar-refractivity contribution in [3.8, 4) is 0 Å². The maximum atomic E-state index is 6.23. The summed E-state index contributed by atoms with van der Waals surface area (Å²) in [5, 5.41) is 5.97. The van der Waals surface area contributed by atoms with Crippen LogP contribution in [0.3, 0.4) is 0 Å². The molecule has 0 bridgehead atoms. The van der Waals surface area contributed by atoms with Crippen LogP contribution in [0.4, 0.5) is 5.69 Å². The number of fused-ring (bicyclic) bond motifs is 2. The van der Waals surface area contributed by atoms with Gasteiger partial charge in [0, 0.05) is 17.8 Å². The zero-order valence-corrected chi connectivity index (χ0v) is 12.5. The molecule has 4 rings (SSSR count). The molecule has 3 aromatic heterocycles. The average molecular weight is 322 g/mol. The molecule has 8 heteroatoms. The first-order valence-corrected chi connectivity index (χ1v) is 7.86. The van der Waals surface area contributed by atoms with E-state index in [4.69, 9.17) is 11.6 Å². The number of nitrogens with one attached hydrogen (secondary N) is 1. The Bertz CT molecular complexity index is 865. The largest absolute Gasteiger partial charge is 0.376 e. The van der Waals surface area contributed by atoms with Crippen molar-refractivity contribution in [2.75, 3.05) is 5.32 Å². The van der Waals surface area contributed by atoms with Gasteiger partial charge in [-0.3, -0.25) is 4.40 Å². The summed E-state index contributed by atoms with van der Waals surface area (Å²) >= 11 is 9.03. The van der Waals surface area contributed by atoms with Gasteiger partial charge in [0.1, 0.15) is 11.0 Å². The Morgan fingerprint density at radius 2 is 2.25 bits per heavy atom. The molecule has 3 heterocycles. The highest BCUT2D eigenvalue weighted by molar-refractivity contribution is 7.15. The molecule has 0 atom stereocenters. The molecule has 0 unspecified atom stereocenters. The molecule has 0 fully saturated rings. The van der Waals surface area contributed by atoms with Crippen LogP contribution in [-0.4, -0.2) is 18.1 Å². The Morgan fingerprint density at radius 3 is 3.15 bits per heavy atom. The van der Waals surface area contributed by atoms with Gasteiger partial charge in [-0.25, -0.2) is 4.98 Å². The third-order valence-corrected chi connectivity index (χ3v) is 4.59. The molecule has 1 aromatic carbocycles. The molecule has 0 radical (unpaired) electrons. The van der Waals surface area contributed by atoms with Crippen LogP contribution >= 0.6 is 34.7 Å². The number of hydrogen-bond acceptors (Lipinski definition) is 6. The molecule has 1 N–H and O–H groups in total. The van der Waals surface area contributed by atoms with Crippen molar-refractivity contribution < 1.29 is 0 Å². The highest BCUT2D eigenvalue weighted by Gasteiger charge is 2.10. The summed E-state index contributed by atoms with van der Waals surface area (Å²) in [5.74, 6) is 0. The summed E-state index contributed by atoms with van der Waals surface area (Å²) in [5.41, 5.74) is 3.44. The van der Waals surface area contributed by atoms with Crippen molar-refractivity contribution in [1.82, 2.24) is 18.1 Å². The summed E-state index contributed by atoms with van der Waals surface area (Å²) in [6.07, 6.45) is 4.00. The van der Waals surface area contributed by atoms with E-state index in [0.29, 0.717) is 11.6 Å². The summed E-state index contributed by atoms with van der Waals surface area (Å²) in [6.45, 7) is 0.602. The lowest BCUT2D eigenvalue weighted by Crippen LogP contribution is -2.01. The van der Waals surface area contributed by atoms with Crippen LogP contribution in [-0.2, 0) is 6.54 Å². The van der Waals surface area contributed by atoms with Gasteiger partial charge in [-0.15, -0.1) is 11.3 Å². The van der Waals surface area contributed by atoms with Gasteiger partial charge in [-0.2, -0.15) is 8.75 Å². The minimum atomic E-state index is 0.602. The molecular formula is C12H8ClN5S2. The second-order valence-corrected chi connectivity index (χ2v) is 6.04. The Morgan fingerprint density at radius 1 is 1.30 bits per heavy atom. The third kappa shape index (κ3) is 1.94. The molecule has 0 aliphatic carbocycles. The van der Waals surface area contributed by atoms with Gasteiger partial charge in [0.15, 0.2) is 4.96 Å². The lowest BCUT2D eigenvalue weighted by atomic mass is 10.2. The van der Waals surface area contributed by atoms with E-state index in [9.17, 15) is 0 Å². The van der Waals surface area contributed by atoms with Crippen molar-refractivity contribution in [2.45, 2.75) is 6.54 Å². The van der Waals surface area contributed by atoms with Crippen LogP contribution in [0.15, 0.2) is 29.9 Å². The number of nitrogens with zero attached hydrogens (tertiary/aromatic N) is 4. The Labute approximate surface area is 127 Å². The summed E-state index contributed by atoms with van der Waals surface area (Å²) in [4.78, 5) is 5.52. The zero-order valence-electron chi connectivity index (χ0n) is 10.1. The molecule has 0 spiro atoms. The average Bonchev–Trinajstić information content (AvgIpc) is 3.11. The molecular weight excluding hydrogens is 314 g/mol. The second-order valence-electron chi connectivity index (χ2n) is 4.23. The fraction of sp³-hybridized carbons (Fsp3) is 0.0833. The molecule has 5 nitrogen and oxygen atoms in total. The SMILES string of the molecule is Clc1ccc2nsnc2c1NCc1cn2ccsc2n1. The van der Waals surface area contributed by atoms with Gasteiger partial charge in [-0.05, 0) is 12.1 Å². The Balaban J connectivity index is 1.65. The molecule has 100 valence electrons. The summed E-state index contributed by atoms with van der Waals surface area (Å²) in [6, 6.07) is 3.71. The van der Waals surface area contributed by atoms with Gasteiger partial charge >= 0.3 is 0 Å². The molecule has 0 saturated heterocycles.